The number of rotatable bonds is 2. The maximum absolute atomic E-state index is 11.5. The van der Waals surface area contributed by atoms with Crippen molar-refractivity contribution in [1.29, 1.82) is 0 Å². The molecule has 3 nitrogen and oxygen atoms in total. The van der Waals surface area contributed by atoms with Gasteiger partial charge in [0.05, 0.1) is 19.3 Å². The van der Waals surface area contributed by atoms with Crippen LogP contribution in [0.4, 0.5) is 0 Å². The monoisotopic (exact) mass is 210 g/mol. The summed E-state index contributed by atoms with van der Waals surface area (Å²) in [5.41, 5.74) is 0.665. The third-order valence-electron chi connectivity index (χ3n) is 2.02. The molecular formula is C10H10O3S. The van der Waals surface area contributed by atoms with E-state index in [0.29, 0.717) is 24.3 Å². The molecule has 0 atom stereocenters. The summed E-state index contributed by atoms with van der Waals surface area (Å²) in [5, 5.41) is 0. The molecule has 0 aromatic heterocycles. The number of Topliss-reactive ketones (excluding diaryl/α,β-unsaturated/α-hetero) is 1. The van der Waals surface area contributed by atoms with Crippen molar-refractivity contribution in [3.63, 3.8) is 0 Å². The summed E-state index contributed by atoms with van der Waals surface area (Å²) >= 11 is 1.24. The summed E-state index contributed by atoms with van der Waals surface area (Å²) in [4.78, 5) is 12.4. The van der Waals surface area contributed by atoms with Gasteiger partial charge in [0.1, 0.15) is 5.75 Å². The van der Waals surface area contributed by atoms with Crippen molar-refractivity contribution in [2.75, 3.05) is 13.7 Å². The largest absolute Gasteiger partial charge is 0.492 e. The second-order valence-corrected chi connectivity index (χ2v) is 3.90. The molecule has 74 valence electrons. The fraction of sp³-hybridized carbons (Fsp3) is 0.300. The van der Waals surface area contributed by atoms with Crippen molar-refractivity contribution in [2.45, 2.75) is 11.3 Å². The highest BCUT2D eigenvalue weighted by Gasteiger charge is 2.18. The molecule has 1 heterocycles. The van der Waals surface area contributed by atoms with E-state index in [0.717, 1.165) is 4.90 Å². The lowest BCUT2D eigenvalue weighted by molar-refractivity contribution is 0.0933. The Bertz CT molecular complexity index is 362. The smallest absolute Gasteiger partial charge is 0.170 e. The molecular weight excluding hydrogens is 200 g/mol. The Kier molecular flexibility index (Phi) is 2.74. The topological polar surface area (TPSA) is 35.5 Å². The van der Waals surface area contributed by atoms with Crippen molar-refractivity contribution < 1.29 is 13.7 Å². The third kappa shape index (κ3) is 1.76. The maximum Gasteiger partial charge on any atom is 0.170 e. The van der Waals surface area contributed by atoms with Crippen LogP contribution in [0.5, 0.6) is 5.75 Å². The van der Waals surface area contributed by atoms with E-state index in [2.05, 4.69) is 0 Å². The molecule has 0 saturated heterocycles. The molecule has 2 rings (SSSR count). The molecule has 14 heavy (non-hydrogen) atoms. The van der Waals surface area contributed by atoms with Gasteiger partial charge in [0.25, 0.3) is 0 Å². The van der Waals surface area contributed by atoms with Gasteiger partial charge in [0.15, 0.2) is 5.78 Å². The number of carbonyl (C=O) groups excluding carboxylic acids is 1. The van der Waals surface area contributed by atoms with Crippen LogP contribution >= 0.6 is 12.0 Å². The van der Waals surface area contributed by atoms with Crippen molar-refractivity contribution in [2.24, 2.45) is 0 Å². The molecule has 0 fully saturated rings. The predicted octanol–water partition coefficient (Wildman–Crippen LogP) is 2.31. The van der Waals surface area contributed by atoms with Gasteiger partial charge in [-0.1, -0.05) is 0 Å². The average Bonchev–Trinajstić information content (AvgIpc) is 2.20. The standard InChI is InChI=1S/C10H10O3S/c1-12-14-7-2-3-10-8(6-7)9(11)4-5-13-10/h2-3,6H,4-5H2,1H3. The summed E-state index contributed by atoms with van der Waals surface area (Å²) in [5.74, 6) is 0.825. The molecule has 1 aliphatic rings. The summed E-state index contributed by atoms with van der Waals surface area (Å²) < 4.78 is 10.3. The van der Waals surface area contributed by atoms with Crippen LogP contribution in [0.3, 0.4) is 0 Å². The van der Waals surface area contributed by atoms with E-state index >= 15 is 0 Å². The first-order chi connectivity index (χ1) is 6.81. The highest BCUT2D eigenvalue weighted by Crippen LogP contribution is 2.29. The van der Waals surface area contributed by atoms with Crippen molar-refractivity contribution >= 4 is 17.8 Å². The molecule has 0 N–H and O–H groups in total. The number of ether oxygens (including phenoxy) is 1. The Labute approximate surface area is 86.6 Å². The zero-order chi connectivity index (χ0) is 9.97. The molecule has 0 amide bonds. The second kappa shape index (κ2) is 4.02. The van der Waals surface area contributed by atoms with Crippen molar-refractivity contribution in [1.82, 2.24) is 0 Å². The third-order valence-corrected chi connectivity index (χ3v) is 2.63. The van der Waals surface area contributed by atoms with Gasteiger partial charge in [-0.25, -0.2) is 0 Å². The lowest BCUT2D eigenvalue weighted by Gasteiger charge is -2.16. The molecule has 0 bridgehead atoms. The van der Waals surface area contributed by atoms with Crippen LogP contribution in [0.1, 0.15) is 16.8 Å². The van der Waals surface area contributed by atoms with Crippen LogP contribution in [0, 0.1) is 0 Å². The minimum absolute atomic E-state index is 0.143. The zero-order valence-electron chi connectivity index (χ0n) is 7.78. The van der Waals surface area contributed by atoms with E-state index in [-0.39, 0.29) is 5.78 Å². The van der Waals surface area contributed by atoms with E-state index in [9.17, 15) is 4.79 Å². The lowest BCUT2D eigenvalue weighted by Crippen LogP contribution is -2.15. The number of fused-ring (bicyclic) bond motifs is 1. The SMILES string of the molecule is COSc1ccc2c(c1)C(=O)CCO2. The fourth-order valence-electron chi connectivity index (χ4n) is 1.39. The maximum atomic E-state index is 11.5. The average molecular weight is 210 g/mol. The number of hydrogen-bond donors (Lipinski definition) is 0. The van der Waals surface area contributed by atoms with Crippen LogP contribution in [0.25, 0.3) is 0 Å². The highest BCUT2D eigenvalue weighted by molar-refractivity contribution is 7.94. The summed E-state index contributed by atoms with van der Waals surface area (Å²) in [6, 6.07) is 5.50. The fourth-order valence-corrected chi connectivity index (χ4v) is 1.87. The first kappa shape index (κ1) is 9.55. The van der Waals surface area contributed by atoms with Crippen LogP contribution in [0.2, 0.25) is 0 Å². The first-order valence-corrected chi connectivity index (χ1v) is 5.06. The van der Waals surface area contributed by atoms with Crippen LogP contribution < -0.4 is 4.74 Å². The van der Waals surface area contributed by atoms with Gasteiger partial charge in [-0.15, -0.1) is 0 Å². The van der Waals surface area contributed by atoms with Crippen LogP contribution in [-0.4, -0.2) is 19.5 Å². The van der Waals surface area contributed by atoms with E-state index < -0.39 is 0 Å². The van der Waals surface area contributed by atoms with Crippen LogP contribution in [0.15, 0.2) is 23.1 Å². The molecule has 0 radical (unpaired) electrons. The van der Waals surface area contributed by atoms with E-state index in [1.165, 1.54) is 12.0 Å². The quantitative estimate of drug-likeness (QED) is 0.702. The molecule has 0 saturated carbocycles. The number of benzene rings is 1. The highest BCUT2D eigenvalue weighted by atomic mass is 32.2. The van der Waals surface area contributed by atoms with Gasteiger partial charge in [-0.05, 0) is 18.2 Å². The number of hydrogen-bond acceptors (Lipinski definition) is 4. The molecule has 0 unspecified atom stereocenters. The van der Waals surface area contributed by atoms with Crippen molar-refractivity contribution in [3.8, 4) is 5.75 Å². The summed E-state index contributed by atoms with van der Waals surface area (Å²) in [6.45, 7) is 0.489. The molecule has 0 spiro atoms. The van der Waals surface area contributed by atoms with Gasteiger partial charge in [0, 0.05) is 23.4 Å². The molecule has 1 aliphatic heterocycles. The Hall–Kier alpha value is -1.00. The molecule has 4 heteroatoms. The normalized spacial score (nSPS) is 14.8. The Morgan fingerprint density at radius 2 is 2.36 bits per heavy atom. The Morgan fingerprint density at radius 3 is 3.14 bits per heavy atom. The predicted molar refractivity (Wildman–Crippen MR) is 53.8 cm³/mol. The van der Waals surface area contributed by atoms with Gasteiger partial charge in [0.2, 0.25) is 0 Å². The number of ketones is 1. The zero-order valence-corrected chi connectivity index (χ0v) is 8.60. The molecule has 1 aromatic carbocycles. The second-order valence-electron chi connectivity index (χ2n) is 2.93. The van der Waals surface area contributed by atoms with E-state index in [1.54, 1.807) is 7.11 Å². The lowest BCUT2D eigenvalue weighted by atomic mass is 10.1. The van der Waals surface area contributed by atoms with Crippen LogP contribution in [-0.2, 0) is 4.18 Å². The van der Waals surface area contributed by atoms with Gasteiger partial charge < -0.3 is 8.92 Å². The first-order valence-electron chi connectivity index (χ1n) is 4.32. The minimum Gasteiger partial charge on any atom is -0.492 e. The van der Waals surface area contributed by atoms with Gasteiger partial charge in [-0.3, -0.25) is 4.79 Å². The summed E-state index contributed by atoms with van der Waals surface area (Å²) in [6.07, 6.45) is 0.466. The van der Waals surface area contributed by atoms with Gasteiger partial charge >= 0.3 is 0 Å². The molecule has 1 aromatic rings. The number of carbonyl (C=O) groups is 1. The van der Waals surface area contributed by atoms with E-state index in [4.69, 9.17) is 8.92 Å². The Balaban J connectivity index is 2.36. The molecule has 0 aliphatic carbocycles. The minimum atomic E-state index is 0.143. The van der Waals surface area contributed by atoms with E-state index in [1.807, 2.05) is 18.2 Å². The Morgan fingerprint density at radius 1 is 1.50 bits per heavy atom. The van der Waals surface area contributed by atoms with Crippen molar-refractivity contribution in [3.05, 3.63) is 23.8 Å². The van der Waals surface area contributed by atoms with Gasteiger partial charge in [-0.2, -0.15) is 0 Å². The summed E-state index contributed by atoms with van der Waals surface area (Å²) in [7, 11) is 1.60.